The summed E-state index contributed by atoms with van der Waals surface area (Å²) in [4.78, 5) is 7.35. The Hall–Kier alpha value is -7.15. The zero-order valence-electron chi connectivity index (χ0n) is 29.2. The van der Waals surface area contributed by atoms with E-state index in [1.807, 2.05) is 54.6 Å². The maximum atomic E-state index is 6.50. The summed E-state index contributed by atoms with van der Waals surface area (Å²) < 4.78 is 21.5. The molecule has 0 radical (unpaired) electrons. The standard InChI is InChI=1S/C49H28N2O3S/c1-2-10-30(11-3-1)49-50-47-44(54-49)28-38(48-46(47)37-14-6-9-17-45(37)55-48)29-18-20-31(21-19-29)51(32-23-25-42-39(26-32)35-13-5-8-16-41(35)52-42)33-22-24-36-34-12-4-7-15-40(34)53-43(36)27-33/h1-28H. The number of fused-ring (bicyclic) bond motifs is 11. The topological polar surface area (TPSA) is 55.6 Å². The molecule has 0 atom stereocenters. The number of hydrogen-bond acceptors (Lipinski definition) is 6. The summed E-state index contributed by atoms with van der Waals surface area (Å²) in [7, 11) is 0. The van der Waals surface area contributed by atoms with E-state index in [9.17, 15) is 0 Å². The van der Waals surface area contributed by atoms with E-state index in [0.29, 0.717) is 5.89 Å². The van der Waals surface area contributed by atoms with E-state index in [0.717, 1.165) is 94.1 Å². The summed E-state index contributed by atoms with van der Waals surface area (Å²) in [5.41, 5.74) is 11.3. The van der Waals surface area contributed by atoms with Gasteiger partial charge in [0, 0.05) is 76.0 Å². The Kier molecular flexibility index (Phi) is 6.44. The Morgan fingerprint density at radius 1 is 0.418 bits per heavy atom. The van der Waals surface area contributed by atoms with Gasteiger partial charge in [0.25, 0.3) is 0 Å². The fraction of sp³-hybridized carbons (Fsp3) is 0. The normalized spacial score (nSPS) is 12.0. The van der Waals surface area contributed by atoms with Crippen LogP contribution in [0, 0.1) is 0 Å². The first-order valence-electron chi connectivity index (χ1n) is 18.3. The quantitative estimate of drug-likeness (QED) is 0.177. The molecule has 258 valence electrons. The second kappa shape index (κ2) is 11.7. The Bertz CT molecular complexity index is 3440. The van der Waals surface area contributed by atoms with Gasteiger partial charge in [-0.1, -0.05) is 84.9 Å². The molecular weight excluding hydrogens is 697 g/mol. The van der Waals surface area contributed by atoms with Gasteiger partial charge in [-0.2, -0.15) is 0 Å². The van der Waals surface area contributed by atoms with Gasteiger partial charge in [0.2, 0.25) is 5.89 Å². The van der Waals surface area contributed by atoms with Gasteiger partial charge in [0.1, 0.15) is 27.8 Å². The van der Waals surface area contributed by atoms with Crippen LogP contribution in [0.4, 0.5) is 17.1 Å². The fourth-order valence-corrected chi connectivity index (χ4v) is 9.38. The van der Waals surface area contributed by atoms with Crippen molar-refractivity contribution in [1.29, 1.82) is 0 Å². The van der Waals surface area contributed by atoms with Crippen LogP contribution in [-0.4, -0.2) is 4.98 Å². The zero-order valence-corrected chi connectivity index (χ0v) is 30.0. The second-order valence-electron chi connectivity index (χ2n) is 13.9. The lowest BCUT2D eigenvalue weighted by atomic mass is 10.0. The number of benzene rings is 8. The molecule has 0 amide bonds. The summed E-state index contributed by atoms with van der Waals surface area (Å²) in [5, 5.41) is 6.68. The molecule has 0 aliphatic carbocycles. The van der Waals surface area contributed by atoms with E-state index in [4.69, 9.17) is 18.2 Å². The van der Waals surface area contributed by atoms with Gasteiger partial charge in [-0.3, -0.25) is 0 Å². The fourth-order valence-electron chi connectivity index (χ4n) is 8.14. The van der Waals surface area contributed by atoms with Gasteiger partial charge in [0.05, 0.1) is 0 Å². The van der Waals surface area contributed by atoms with Crippen molar-refractivity contribution in [3.63, 3.8) is 0 Å². The average molecular weight is 725 g/mol. The third-order valence-corrected chi connectivity index (χ3v) is 11.9. The number of anilines is 3. The molecule has 6 heteroatoms. The SMILES string of the molecule is c1ccc(-c2nc3c(cc(-c4ccc(N(c5ccc6c(c5)oc5ccccc56)c5ccc6oc7ccccc7c6c5)cc4)c4sc5ccccc5c43)o2)cc1. The van der Waals surface area contributed by atoms with Gasteiger partial charge >= 0.3 is 0 Å². The van der Waals surface area contributed by atoms with Gasteiger partial charge in [-0.05, 0) is 84.4 Å². The zero-order chi connectivity index (χ0) is 36.0. The summed E-state index contributed by atoms with van der Waals surface area (Å²) in [5.74, 6) is 0.624. The first-order valence-corrected chi connectivity index (χ1v) is 19.1. The molecule has 12 rings (SSSR count). The van der Waals surface area contributed by atoms with Crippen molar-refractivity contribution in [2.24, 2.45) is 0 Å². The van der Waals surface area contributed by atoms with E-state index < -0.39 is 0 Å². The van der Waals surface area contributed by atoms with Crippen LogP contribution in [0.25, 0.3) is 97.7 Å². The minimum absolute atomic E-state index is 0.624. The molecule has 0 unspecified atom stereocenters. The molecule has 4 aromatic heterocycles. The molecule has 0 fully saturated rings. The van der Waals surface area contributed by atoms with Crippen molar-refractivity contribution < 1.29 is 13.3 Å². The van der Waals surface area contributed by atoms with Gasteiger partial charge in [-0.25, -0.2) is 4.98 Å². The monoisotopic (exact) mass is 724 g/mol. The van der Waals surface area contributed by atoms with Crippen LogP contribution in [0.2, 0.25) is 0 Å². The number of nitrogens with zero attached hydrogens (tertiary/aromatic N) is 2. The number of rotatable bonds is 5. The number of furan rings is 2. The molecule has 0 N–H and O–H groups in total. The minimum atomic E-state index is 0.624. The maximum Gasteiger partial charge on any atom is 0.227 e. The van der Waals surface area contributed by atoms with Crippen molar-refractivity contribution in [2.75, 3.05) is 4.90 Å². The predicted molar refractivity (Wildman–Crippen MR) is 227 cm³/mol. The molecule has 0 bridgehead atoms. The molecule has 4 heterocycles. The molecule has 55 heavy (non-hydrogen) atoms. The summed E-state index contributed by atoms with van der Waals surface area (Å²) in [6.45, 7) is 0. The molecule has 0 aliphatic heterocycles. The van der Waals surface area contributed by atoms with Crippen molar-refractivity contribution in [1.82, 2.24) is 4.98 Å². The molecule has 0 saturated carbocycles. The highest BCUT2D eigenvalue weighted by Gasteiger charge is 2.21. The molecule has 0 aliphatic rings. The summed E-state index contributed by atoms with van der Waals surface area (Å²) in [6.07, 6.45) is 0. The molecule has 12 aromatic rings. The maximum absolute atomic E-state index is 6.50. The van der Waals surface area contributed by atoms with Gasteiger partial charge < -0.3 is 18.2 Å². The van der Waals surface area contributed by atoms with Crippen molar-refractivity contribution in [3.8, 4) is 22.6 Å². The van der Waals surface area contributed by atoms with Crippen LogP contribution in [0.3, 0.4) is 0 Å². The summed E-state index contributed by atoms with van der Waals surface area (Å²) in [6, 6.07) is 59.0. The highest BCUT2D eigenvalue weighted by molar-refractivity contribution is 7.26. The molecule has 8 aromatic carbocycles. The Labute approximate surface area is 317 Å². The number of para-hydroxylation sites is 2. The van der Waals surface area contributed by atoms with Crippen molar-refractivity contribution in [3.05, 3.63) is 170 Å². The molecule has 5 nitrogen and oxygen atoms in total. The third-order valence-electron chi connectivity index (χ3n) is 10.7. The van der Waals surface area contributed by atoms with Crippen LogP contribution in [-0.2, 0) is 0 Å². The van der Waals surface area contributed by atoms with Gasteiger partial charge in [0.15, 0.2) is 5.58 Å². The Morgan fingerprint density at radius 2 is 1.04 bits per heavy atom. The molecule has 0 spiro atoms. The van der Waals surface area contributed by atoms with E-state index in [1.165, 1.54) is 14.8 Å². The van der Waals surface area contributed by atoms with Crippen LogP contribution >= 0.6 is 11.3 Å². The Balaban J connectivity index is 1.04. The first kappa shape index (κ1) is 30.3. The average Bonchev–Trinajstić information content (AvgIpc) is 4.02. The van der Waals surface area contributed by atoms with Crippen molar-refractivity contribution >= 4 is 104 Å². The van der Waals surface area contributed by atoms with E-state index >= 15 is 0 Å². The lowest BCUT2D eigenvalue weighted by Gasteiger charge is -2.26. The largest absolute Gasteiger partial charge is 0.456 e. The van der Waals surface area contributed by atoms with Crippen LogP contribution in [0.1, 0.15) is 0 Å². The number of thiophene rings is 1. The third kappa shape index (κ3) is 4.68. The van der Waals surface area contributed by atoms with E-state index in [-0.39, 0.29) is 0 Å². The van der Waals surface area contributed by atoms with E-state index in [2.05, 4.69) is 120 Å². The van der Waals surface area contributed by atoms with E-state index in [1.54, 1.807) is 11.3 Å². The molecule has 0 saturated heterocycles. The van der Waals surface area contributed by atoms with Crippen LogP contribution < -0.4 is 4.90 Å². The molecular formula is C49H28N2O3S. The summed E-state index contributed by atoms with van der Waals surface area (Å²) >= 11 is 1.80. The first-order chi connectivity index (χ1) is 27.2. The highest BCUT2D eigenvalue weighted by atomic mass is 32.1. The number of oxazole rings is 1. The lowest BCUT2D eigenvalue weighted by Crippen LogP contribution is -2.09. The van der Waals surface area contributed by atoms with Crippen LogP contribution in [0.5, 0.6) is 0 Å². The lowest BCUT2D eigenvalue weighted by molar-refractivity contribution is 0.620. The highest BCUT2D eigenvalue weighted by Crippen LogP contribution is 2.46. The second-order valence-corrected chi connectivity index (χ2v) is 15.0. The number of hydrogen-bond donors (Lipinski definition) is 0. The smallest absolute Gasteiger partial charge is 0.227 e. The predicted octanol–water partition coefficient (Wildman–Crippen LogP) is 14.8. The number of aromatic nitrogens is 1. The van der Waals surface area contributed by atoms with Crippen LogP contribution in [0.15, 0.2) is 183 Å². The van der Waals surface area contributed by atoms with Gasteiger partial charge in [-0.15, -0.1) is 11.3 Å². The Morgan fingerprint density at radius 3 is 1.85 bits per heavy atom. The minimum Gasteiger partial charge on any atom is -0.456 e. The van der Waals surface area contributed by atoms with Crippen molar-refractivity contribution in [2.45, 2.75) is 0 Å².